The molecule has 4 heteroatoms. The van der Waals surface area contributed by atoms with E-state index in [-0.39, 0.29) is 11.7 Å². The van der Waals surface area contributed by atoms with Gasteiger partial charge in [0.2, 0.25) is 0 Å². The van der Waals surface area contributed by atoms with E-state index in [4.69, 9.17) is 9.47 Å². The van der Waals surface area contributed by atoms with Crippen molar-refractivity contribution in [2.45, 2.75) is 58.2 Å². The lowest BCUT2D eigenvalue weighted by Gasteiger charge is -2.43. The Morgan fingerprint density at radius 1 is 1.37 bits per heavy atom. The lowest BCUT2D eigenvalue weighted by Crippen LogP contribution is -2.50. The largest absolute Gasteiger partial charge is 0.444 e. The second-order valence-electron chi connectivity index (χ2n) is 6.69. The van der Waals surface area contributed by atoms with E-state index in [2.05, 4.69) is 13.0 Å². The van der Waals surface area contributed by atoms with E-state index in [9.17, 15) is 4.79 Å². The van der Waals surface area contributed by atoms with Gasteiger partial charge in [-0.15, -0.1) is 0 Å². The number of likely N-dealkylation sites (tertiary alicyclic amines) is 1. The SMILES string of the molecule is CC1=CCC2(CCN(C(=O)OC(C)(C)C)CC2)OC1. The molecular weight excluding hydrogens is 242 g/mol. The third-order valence-electron chi connectivity index (χ3n) is 3.75. The first-order valence-electron chi connectivity index (χ1n) is 7.07. The maximum atomic E-state index is 12.0. The van der Waals surface area contributed by atoms with E-state index in [1.54, 1.807) is 4.90 Å². The summed E-state index contributed by atoms with van der Waals surface area (Å²) in [5.74, 6) is 0. The van der Waals surface area contributed by atoms with Crippen molar-refractivity contribution in [1.29, 1.82) is 0 Å². The second-order valence-corrected chi connectivity index (χ2v) is 6.69. The molecule has 1 fully saturated rings. The summed E-state index contributed by atoms with van der Waals surface area (Å²) in [7, 11) is 0. The Hall–Kier alpha value is -1.03. The van der Waals surface area contributed by atoms with E-state index < -0.39 is 5.60 Å². The molecule has 2 aliphatic heterocycles. The van der Waals surface area contributed by atoms with Gasteiger partial charge < -0.3 is 14.4 Å². The first-order chi connectivity index (χ1) is 8.80. The number of hydrogen-bond acceptors (Lipinski definition) is 3. The Bertz CT molecular complexity index is 373. The van der Waals surface area contributed by atoms with Crippen molar-refractivity contribution in [2.75, 3.05) is 19.7 Å². The molecule has 1 spiro atoms. The standard InChI is InChI=1S/C15H25NO3/c1-12-5-6-15(18-11-12)7-9-16(10-8-15)13(17)19-14(2,3)4/h5H,6-11H2,1-4H3. The average molecular weight is 267 g/mol. The molecule has 2 heterocycles. The van der Waals surface area contributed by atoms with Crippen LogP contribution in [0.5, 0.6) is 0 Å². The van der Waals surface area contributed by atoms with Crippen molar-refractivity contribution in [3.8, 4) is 0 Å². The summed E-state index contributed by atoms with van der Waals surface area (Å²) in [5.41, 5.74) is 0.839. The maximum Gasteiger partial charge on any atom is 0.410 e. The Labute approximate surface area is 115 Å². The second kappa shape index (κ2) is 5.16. The van der Waals surface area contributed by atoms with Gasteiger partial charge in [0.1, 0.15) is 5.60 Å². The lowest BCUT2D eigenvalue weighted by molar-refractivity contribution is -0.0808. The zero-order valence-corrected chi connectivity index (χ0v) is 12.5. The zero-order valence-electron chi connectivity index (χ0n) is 12.5. The number of nitrogens with zero attached hydrogens (tertiary/aromatic N) is 1. The van der Waals surface area contributed by atoms with Gasteiger partial charge in [-0.2, -0.15) is 0 Å². The monoisotopic (exact) mass is 267 g/mol. The smallest absolute Gasteiger partial charge is 0.410 e. The molecule has 108 valence electrons. The first kappa shape index (κ1) is 14.4. The van der Waals surface area contributed by atoms with Gasteiger partial charge in [-0.3, -0.25) is 0 Å². The normalized spacial score (nSPS) is 23.2. The Balaban J connectivity index is 1.87. The van der Waals surface area contributed by atoms with Crippen LogP contribution < -0.4 is 0 Å². The molecule has 1 amide bonds. The van der Waals surface area contributed by atoms with Crippen molar-refractivity contribution in [3.63, 3.8) is 0 Å². The van der Waals surface area contributed by atoms with Crippen molar-refractivity contribution in [3.05, 3.63) is 11.6 Å². The van der Waals surface area contributed by atoms with Crippen molar-refractivity contribution < 1.29 is 14.3 Å². The minimum absolute atomic E-state index is 0.0436. The summed E-state index contributed by atoms with van der Waals surface area (Å²) in [6.45, 7) is 9.97. The van der Waals surface area contributed by atoms with Gasteiger partial charge in [0.25, 0.3) is 0 Å². The number of rotatable bonds is 0. The highest BCUT2D eigenvalue weighted by molar-refractivity contribution is 5.68. The molecule has 0 bridgehead atoms. The molecular formula is C15H25NO3. The van der Waals surface area contributed by atoms with Gasteiger partial charge in [-0.05, 0) is 47.0 Å². The summed E-state index contributed by atoms with van der Waals surface area (Å²) in [4.78, 5) is 13.8. The predicted molar refractivity (Wildman–Crippen MR) is 74.1 cm³/mol. The van der Waals surface area contributed by atoms with Crippen LogP contribution in [0.15, 0.2) is 11.6 Å². The summed E-state index contributed by atoms with van der Waals surface area (Å²) >= 11 is 0. The van der Waals surface area contributed by atoms with Crippen LogP contribution in [0, 0.1) is 0 Å². The molecule has 0 aromatic rings. The number of carbonyl (C=O) groups is 1. The summed E-state index contributed by atoms with van der Waals surface area (Å²) in [5, 5.41) is 0. The van der Waals surface area contributed by atoms with Crippen LogP contribution in [-0.4, -0.2) is 41.9 Å². The molecule has 0 unspecified atom stereocenters. The fraction of sp³-hybridized carbons (Fsp3) is 0.800. The van der Waals surface area contributed by atoms with Crippen LogP contribution in [-0.2, 0) is 9.47 Å². The maximum absolute atomic E-state index is 12.0. The molecule has 19 heavy (non-hydrogen) atoms. The quantitative estimate of drug-likeness (QED) is 0.633. The Kier molecular flexibility index (Phi) is 3.90. The molecule has 0 aromatic heterocycles. The molecule has 2 rings (SSSR count). The van der Waals surface area contributed by atoms with E-state index in [1.807, 2.05) is 20.8 Å². The molecule has 0 atom stereocenters. The van der Waals surface area contributed by atoms with E-state index in [0.29, 0.717) is 0 Å². The van der Waals surface area contributed by atoms with E-state index in [1.165, 1.54) is 5.57 Å². The Morgan fingerprint density at radius 2 is 2.00 bits per heavy atom. The fourth-order valence-corrected chi connectivity index (χ4v) is 2.52. The number of piperidine rings is 1. The molecule has 0 radical (unpaired) electrons. The molecule has 0 aromatic carbocycles. The molecule has 1 saturated heterocycles. The zero-order chi connectivity index (χ0) is 14.1. The third-order valence-corrected chi connectivity index (χ3v) is 3.75. The topological polar surface area (TPSA) is 38.8 Å². The van der Waals surface area contributed by atoms with Crippen LogP contribution in [0.4, 0.5) is 4.79 Å². The van der Waals surface area contributed by atoms with Crippen LogP contribution in [0.25, 0.3) is 0 Å². The number of hydrogen-bond donors (Lipinski definition) is 0. The number of ether oxygens (including phenoxy) is 2. The van der Waals surface area contributed by atoms with Crippen LogP contribution in [0.1, 0.15) is 47.0 Å². The average Bonchev–Trinajstić information content (AvgIpc) is 2.32. The lowest BCUT2D eigenvalue weighted by atomic mass is 9.86. The molecule has 0 saturated carbocycles. The van der Waals surface area contributed by atoms with Crippen LogP contribution >= 0.6 is 0 Å². The summed E-state index contributed by atoms with van der Waals surface area (Å²) in [6.07, 6.45) is 4.84. The predicted octanol–water partition coefficient (Wildman–Crippen LogP) is 3.12. The van der Waals surface area contributed by atoms with Crippen molar-refractivity contribution in [2.24, 2.45) is 0 Å². The van der Waals surface area contributed by atoms with Crippen LogP contribution in [0.2, 0.25) is 0 Å². The van der Waals surface area contributed by atoms with Crippen molar-refractivity contribution in [1.82, 2.24) is 4.90 Å². The van der Waals surface area contributed by atoms with Crippen LogP contribution in [0.3, 0.4) is 0 Å². The van der Waals surface area contributed by atoms with E-state index >= 15 is 0 Å². The first-order valence-corrected chi connectivity index (χ1v) is 7.07. The minimum atomic E-state index is -0.423. The minimum Gasteiger partial charge on any atom is -0.444 e. The van der Waals surface area contributed by atoms with E-state index in [0.717, 1.165) is 39.0 Å². The highest BCUT2D eigenvalue weighted by Crippen LogP contribution is 2.34. The summed E-state index contributed by atoms with van der Waals surface area (Å²) < 4.78 is 11.4. The number of amides is 1. The third kappa shape index (κ3) is 3.72. The number of carbonyl (C=O) groups excluding carboxylic acids is 1. The van der Waals surface area contributed by atoms with Crippen molar-refractivity contribution >= 4 is 6.09 Å². The van der Waals surface area contributed by atoms with Gasteiger partial charge in [-0.1, -0.05) is 11.6 Å². The Morgan fingerprint density at radius 3 is 2.47 bits per heavy atom. The molecule has 0 N–H and O–H groups in total. The molecule has 0 aliphatic carbocycles. The summed E-state index contributed by atoms with van der Waals surface area (Å²) in [6, 6.07) is 0. The van der Waals surface area contributed by atoms with Gasteiger partial charge in [0.15, 0.2) is 0 Å². The van der Waals surface area contributed by atoms with Gasteiger partial charge in [-0.25, -0.2) is 4.79 Å². The van der Waals surface area contributed by atoms with Gasteiger partial charge >= 0.3 is 6.09 Å². The fourth-order valence-electron chi connectivity index (χ4n) is 2.52. The van der Waals surface area contributed by atoms with Gasteiger partial charge in [0.05, 0.1) is 12.2 Å². The highest BCUT2D eigenvalue weighted by Gasteiger charge is 2.38. The van der Waals surface area contributed by atoms with Gasteiger partial charge in [0, 0.05) is 13.1 Å². The molecule has 2 aliphatic rings. The highest BCUT2D eigenvalue weighted by atomic mass is 16.6. The molecule has 4 nitrogen and oxygen atoms in total.